The fourth-order valence-electron chi connectivity index (χ4n) is 14.0. The lowest BCUT2D eigenvalue weighted by atomic mass is 9.82. The number of ether oxygens (including phenoxy) is 4. The number of aromatic nitrogens is 5. The van der Waals surface area contributed by atoms with Gasteiger partial charge < -0.3 is 43.9 Å². The highest BCUT2D eigenvalue weighted by Crippen LogP contribution is 2.46. The fourth-order valence-corrected chi connectivity index (χ4v) is 14.4. The summed E-state index contributed by atoms with van der Waals surface area (Å²) >= 11 is 1.67. The number of methoxy groups -OCH3 is 1. The van der Waals surface area contributed by atoms with Crippen molar-refractivity contribution < 1.29 is 111 Å². The van der Waals surface area contributed by atoms with E-state index in [1.165, 1.54) is 39.2 Å². The molecule has 3 saturated carbocycles. The number of halogens is 13. The summed E-state index contributed by atoms with van der Waals surface area (Å²) in [6, 6.07) is 15.4. The Morgan fingerprint density at radius 3 is 0.991 bits per heavy atom. The first kappa shape index (κ1) is 89.5. The van der Waals surface area contributed by atoms with Crippen LogP contribution in [0.3, 0.4) is 0 Å². The number of amides is 3. The second kappa shape index (κ2) is 38.1. The average molecular weight is 1740 g/mol. The first-order chi connectivity index (χ1) is 54.6. The molecule has 0 saturated heterocycles. The number of pyridine rings is 5. The zero-order chi connectivity index (χ0) is 85.2. The van der Waals surface area contributed by atoms with Crippen LogP contribution in [-0.2, 0) is 37.6 Å². The second-order valence-electron chi connectivity index (χ2n) is 29.7. The molecule has 116 heavy (non-hydrogen) atoms. The number of hydrogen-bond donors (Lipinski definition) is 2. The van der Waals surface area contributed by atoms with Crippen molar-refractivity contribution in [3.8, 4) is 57.4 Å². The molecule has 0 spiro atoms. The molecule has 3 aliphatic rings. The van der Waals surface area contributed by atoms with E-state index >= 15 is 13.2 Å². The van der Waals surface area contributed by atoms with Crippen molar-refractivity contribution in [1.82, 2.24) is 24.9 Å². The summed E-state index contributed by atoms with van der Waals surface area (Å²) in [4.78, 5) is 101. The topological polar surface area (TPSA) is 254 Å². The third-order valence-corrected chi connectivity index (χ3v) is 20.7. The number of esters is 1. The van der Waals surface area contributed by atoms with Crippen LogP contribution in [0.5, 0.6) is 34.9 Å². The minimum absolute atomic E-state index is 0.0306. The Labute approximate surface area is 674 Å². The van der Waals surface area contributed by atoms with Gasteiger partial charge in [0, 0.05) is 118 Å². The summed E-state index contributed by atoms with van der Waals surface area (Å²) in [6.07, 6.45) is 0.599. The number of aromatic carboxylic acids is 2. The summed E-state index contributed by atoms with van der Waals surface area (Å²) in [6.45, 7) is 16.5. The van der Waals surface area contributed by atoms with Crippen molar-refractivity contribution >= 4 is 75.3 Å². The van der Waals surface area contributed by atoms with Gasteiger partial charge >= 0.3 is 36.4 Å². The van der Waals surface area contributed by atoms with E-state index in [0.29, 0.717) is 56.3 Å². The Hall–Kier alpha value is -10.5. The molecule has 2 N–H and O–H groups in total. The SMILES string of the molecule is CC1CCC(C(=O)N(c2cc(F)c(Oc3ncc(-c4ccccn4)cc3C(F)(F)F)cc2C(=O)O)C(C)C)CC1.CC1CCC(C(=O)N(c2cc(F)c(Oc3ncc(-c4ccccn4)cc3C(F)(F)F)cc2C(=O)O)C(C)C)CC1.COC(=O)c1cc(Oc2ncc(I)cc2C(F)(F)F)c(F)cc1N(C(=O)C1CCC(C)CC1)C(C)C. The highest BCUT2D eigenvalue weighted by molar-refractivity contribution is 14.1. The molecular weight excluding hydrogens is 1660 g/mol. The van der Waals surface area contributed by atoms with E-state index in [1.54, 1.807) is 88.4 Å². The van der Waals surface area contributed by atoms with Gasteiger partial charge in [0.05, 0.1) is 52.3 Å². The lowest BCUT2D eigenvalue weighted by molar-refractivity contribution is -0.139. The Kier molecular flexibility index (Phi) is 29.4. The number of hydrogen-bond acceptors (Lipinski definition) is 15. The molecule has 33 heteroatoms. The number of carbonyl (C=O) groups is 6. The number of alkyl halides is 9. The van der Waals surface area contributed by atoms with Crippen LogP contribution in [0.15, 0.2) is 122 Å². The van der Waals surface area contributed by atoms with Gasteiger partial charge in [-0.25, -0.2) is 42.5 Å². The van der Waals surface area contributed by atoms with Crippen LogP contribution in [-0.4, -0.2) is 96.0 Å². The Morgan fingerprint density at radius 2 is 0.716 bits per heavy atom. The minimum atomic E-state index is -4.92. The molecule has 0 aliphatic heterocycles. The van der Waals surface area contributed by atoms with E-state index in [9.17, 15) is 78.5 Å². The van der Waals surface area contributed by atoms with E-state index in [4.69, 9.17) is 18.9 Å². The van der Waals surface area contributed by atoms with Crippen LogP contribution in [0.2, 0.25) is 0 Å². The molecule has 3 aromatic carbocycles. The van der Waals surface area contributed by atoms with Crippen molar-refractivity contribution in [3.05, 3.63) is 176 Å². The van der Waals surface area contributed by atoms with Crippen LogP contribution < -0.4 is 28.9 Å². The fraction of sp³-hybridized carbons (Fsp3) is 0.410. The predicted molar refractivity (Wildman–Crippen MR) is 413 cm³/mol. The molecule has 5 aromatic heterocycles. The molecule has 3 amide bonds. The molecule has 8 aromatic rings. The maximum atomic E-state index is 15.4. The molecule has 0 bridgehead atoms. The molecular formula is C83H85F12IN8O12. The molecule has 11 rings (SSSR count). The Balaban J connectivity index is 0.000000199. The third kappa shape index (κ3) is 22.0. The summed E-state index contributed by atoms with van der Waals surface area (Å²) in [5, 5.41) is 19.9. The van der Waals surface area contributed by atoms with E-state index in [1.807, 2.05) is 0 Å². The van der Waals surface area contributed by atoms with Gasteiger partial charge in [0.1, 0.15) is 16.7 Å². The summed E-state index contributed by atoms with van der Waals surface area (Å²) in [5.74, 6) is -12.5. The molecule has 0 atom stereocenters. The first-order valence-corrected chi connectivity index (χ1v) is 38.4. The average Bonchev–Trinajstić information content (AvgIpc) is 0.782. The Morgan fingerprint density at radius 1 is 0.422 bits per heavy atom. The molecule has 620 valence electrons. The van der Waals surface area contributed by atoms with Crippen molar-refractivity contribution in [2.45, 2.75) is 176 Å². The monoisotopic (exact) mass is 1740 g/mol. The van der Waals surface area contributed by atoms with Gasteiger partial charge in [-0.15, -0.1) is 0 Å². The van der Waals surface area contributed by atoms with Crippen molar-refractivity contribution in [3.63, 3.8) is 0 Å². The van der Waals surface area contributed by atoms with Crippen LogP contribution in [0.25, 0.3) is 22.5 Å². The number of carboxylic acids is 2. The van der Waals surface area contributed by atoms with Gasteiger partial charge in [-0.3, -0.25) is 24.4 Å². The molecule has 3 fully saturated rings. The van der Waals surface area contributed by atoms with Crippen molar-refractivity contribution in [1.29, 1.82) is 0 Å². The van der Waals surface area contributed by atoms with Crippen molar-refractivity contribution in [2.75, 3.05) is 21.8 Å². The molecule has 0 radical (unpaired) electrons. The van der Waals surface area contributed by atoms with E-state index in [-0.39, 0.29) is 84.2 Å². The molecule has 0 unspecified atom stereocenters. The van der Waals surface area contributed by atoms with Gasteiger partial charge in [-0.05, 0) is 201 Å². The van der Waals surface area contributed by atoms with Crippen LogP contribution in [0.1, 0.15) is 187 Å². The number of carbonyl (C=O) groups excluding carboxylic acids is 4. The highest BCUT2D eigenvalue weighted by atomic mass is 127. The first-order valence-electron chi connectivity index (χ1n) is 37.3. The highest BCUT2D eigenvalue weighted by Gasteiger charge is 2.42. The number of anilines is 3. The largest absolute Gasteiger partial charge is 0.478 e. The zero-order valence-electron chi connectivity index (χ0n) is 64.7. The molecule has 3 aliphatic carbocycles. The lowest BCUT2D eigenvalue weighted by Gasteiger charge is -2.34. The molecule has 5 heterocycles. The molecule has 20 nitrogen and oxygen atoms in total. The predicted octanol–water partition coefficient (Wildman–Crippen LogP) is 21.7. The standard InChI is InChI=1S/2C29H29F4N3O4.C25H27F4IN2O4/c2*1-16(2)36(27(37)18-9-7-17(3)8-10-18)24-14-22(30)25(13-20(24)28(38)39)40-26-21(29(31,32)33)12-19(15-35-26)23-6-4-5-11-34-23;1-13(2)32(23(33)15-7-5-14(3)6-8-15)20-11-19(26)21(10-17(20)24(34)35-4)36-22-18(25(27,28)29)9-16(30)12-31-22/h2*4-6,11-18H,7-10H2,1-3H3,(H,38,39);9-15H,5-8H2,1-4H3. The number of nitrogens with zero attached hydrogens (tertiary/aromatic N) is 8. The summed E-state index contributed by atoms with van der Waals surface area (Å²) < 4.78 is 191. The second-order valence-corrected chi connectivity index (χ2v) is 30.9. The van der Waals surface area contributed by atoms with Gasteiger partial charge in [-0.2, -0.15) is 39.5 Å². The quantitative estimate of drug-likeness (QED) is 0.0408. The zero-order valence-corrected chi connectivity index (χ0v) is 66.9. The van der Waals surface area contributed by atoms with Gasteiger partial charge in [-0.1, -0.05) is 32.9 Å². The van der Waals surface area contributed by atoms with Gasteiger partial charge in [0.25, 0.3) is 0 Å². The van der Waals surface area contributed by atoms with Gasteiger partial charge in [0.2, 0.25) is 35.4 Å². The van der Waals surface area contributed by atoms with Crippen LogP contribution >= 0.6 is 22.6 Å². The number of carboxylic acid groups (broad SMARTS) is 2. The maximum absolute atomic E-state index is 15.4. The van der Waals surface area contributed by atoms with Crippen LogP contribution in [0.4, 0.5) is 69.7 Å². The maximum Gasteiger partial charge on any atom is 0.421 e. The number of rotatable bonds is 20. The number of benzene rings is 3. The lowest BCUT2D eigenvalue weighted by Crippen LogP contribution is -2.43. The van der Waals surface area contributed by atoms with E-state index in [2.05, 4.69) is 45.7 Å². The van der Waals surface area contributed by atoms with Crippen molar-refractivity contribution in [2.24, 2.45) is 35.5 Å². The van der Waals surface area contributed by atoms with E-state index in [0.717, 1.165) is 119 Å². The third-order valence-electron chi connectivity index (χ3n) is 20.1. The Bertz CT molecular complexity index is 4650. The van der Waals surface area contributed by atoms with E-state index < -0.39 is 135 Å². The minimum Gasteiger partial charge on any atom is -0.478 e. The van der Waals surface area contributed by atoms with Gasteiger partial charge in [0.15, 0.2) is 34.7 Å². The summed E-state index contributed by atoms with van der Waals surface area (Å²) in [7, 11) is 1.11. The summed E-state index contributed by atoms with van der Waals surface area (Å²) in [5.41, 5.74) is -4.76. The normalized spacial score (nSPS) is 17.7. The smallest absolute Gasteiger partial charge is 0.421 e. The van der Waals surface area contributed by atoms with Crippen LogP contribution in [0, 0.1) is 56.5 Å².